The fourth-order valence-electron chi connectivity index (χ4n) is 2.63. The Balaban J connectivity index is 2.15. The van der Waals surface area contributed by atoms with Gasteiger partial charge in [0.15, 0.2) is 0 Å². The molecule has 16 heavy (non-hydrogen) atoms. The van der Waals surface area contributed by atoms with Crippen molar-refractivity contribution in [1.29, 1.82) is 0 Å². The molecule has 1 saturated carbocycles. The summed E-state index contributed by atoms with van der Waals surface area (Å²) in [6, 6.07) is 0. The highest BCUT2D eigenvalue weighted by atomic mass is 16.5. The SMILES string of the molecule is CC1CN(C(C)(C(=O)O)C2CC2)CCCO1. The summed E-state index contributed by atoms with van der Waals surface area (Å²) >= 11 is 0. The predicted octanol–water partition coefficient (Wildman–Crippen LogP) is 1.35. The summed E-state index contributed by atoms with van der Waals surface area (Å²) in [6.07, 6.45) is 3.17. The Morgan fingerprint density at radius 3 is 2.75 bits per heavy atom. The summed E-state index contributed by atoms with van der Waals surface area (Å²) in [5.41, 5.74) is -0.679. The Kier molecular flexibility index (Phi) is 3.22. The van der Waals surface area contributed by atoms with Gasteiger partial charge in [-0.1, -0.05) is 0 Å². The first-order valence-corrected chi connectivity index (χ1v) is 6.15. The van der Waals surface area contributed by atoms with Gasteiger partial charge in [-0.05, 0) is 39.0 Å². The van der Waals surface area contributed by atoms with Gasteiger partial charge in [-0.3, -0.25) is 9.69 Å². The Morgan fingerprint density at radius 2 is 2.19 bits per heavy atom. The van der Waals surface area contributed by atoms with Gasteiger partial charge < -0.3 is 9.84 Å². The van der Waals surface area contributed by atoms with Crippen LogP contribution >= 0.6 is 0 Å². The van der Waals surface area contributed by atoms with Crippen LogP contribution in [0, 0.1) is 5.92 Å². The standard InChI is InChI=1S/C12H21NO3/c1-9-8-13(6-3-7-16-9)12(2,11(14)15)10-4-5-10/h9-10H,3-8H2,1-2H3,(H,14,15). The maximum atomic E-state index is 11.5. The highest BCUT2D eigenvalue weighted by molar-refractivity contribution is 5.79. The molecule has 0 aromatic rings. The molecule has 92 valence electrons. The van der Waals surface area contributed by atoms with E-state index in [1.54, 1.807) is 0 Å². The fourth-order valence-corrected chi connectivity index (χ4v) is 2.63. The van der Waals surface area contributed by atoms with E-state index in [-0.39, 0.29) is 6.10 Å². The first kappa shape index (κ1) is 11.9. The molecule has 2 aliphatic rings. The molecule has 4 heteroatoms. The maximum Gasteiger partial charge on any atom is 0.324 e. The molecule has 1 N–H and O–H groups in total. The van der Waals surface area contributed by atoms with E-state index in [4.69, 9.17) is 4.74 Å². The minimum Gasteiger partial charge on any atom is -0.480 e. The molecule has 1 heterocycles. The maximum absolute atomic E-state index is 11.5. The van der Waals surface area contributed by atoms with E-state index in [9.17, 15) is 9.90 Å². The average Bonchev–Trinajstić information content (AvgIpc) is 3.02. The molecule has 2 unspecified atom stereocenters. The third-order valence-corrected chi connectivity index (χ3v) is 3.91. The molecule has 0 aromatic carbocycles. The van der Waals surface area contributed by atoms with Gasteiger partial charge in [0.2, 0.25) is 0 Å². The van der Waals surface area contributed by atoms with Gasteiger partial charge in [-0.25, -0.2) is 0 Å². The lowest BCUT2D eigenvalue weighted by molar-refractivity contribution is -0.152. The molecule has 1 aliphatic heterocycles. The van der Waals surface area contributed by atoms with Crippen LogP contribution in [0.25, 0.3) is 0 Å². The lowest BCUT2D eigenvalue weighted by atomic mass is 9.93. The average molecular weight is 227 g/mol. The monoisotopic (exact) mass is 227 g/mol. The summed E-state index contributed by atoms with van der Waals surface area (Å²) in [5.74, 6) is -0.348. The number of rotatable bonds is 3. The third-order valence-electron chi connectivity index (χ3n) is 3.91. The Labute approximate surface area is 96.6 Å². The van der Waals surface area contributed by atoms with Crippen molar-refractivity contribution in [2.75, 3.05) is 19.7 Å². The molecule has 2 atom stereocenters. The minimum atomic E-state index is -0.679. The van der Waals surface area contributed by atoms with Gasteiger partial charge in [0.25, 0.3) is 0 Å². The number of carbonyl (C=O) groups is 1. The normalized spacial score (nSPS) is 31.8. The van der Waals surface area contributed by atoms with Gasteiger partial charge in [-0.2, -0.15) is 0 Å². The molecule has 0 bridgehead atoms. The van der Waals surface area contributed by atoms with Crippen LogP contribution in [0.1, 0.15) is 33.1 Å². The van der Waals surface area contributed by atoms with E-state index < -0.39 is 11.5 Å². The molecule has 1 aliphatic carbocycles. The van der Waals surface area contributed by atoms with Crippen molar-refractivity contribution in [3.8, 4) is 0 Å². The van der Waals surface area contributed by atoms with Gasteiger partial charge in [0.05, 0.1) is 6.10 Å². The van der Waals surface area contributed by atoms with Crippen LogP contribution in [-0.2, 0) is 9.53 Å². The Bertz CT molecular complexity index is 277. The van der Waals surface area contributed by atoms with E-state index in [0.29, 0.717) is 5.92 Å². The van der Waals surface area contributed by atoms with Crippen LogP contribution in [-0.4, -0.2) is 47.3 Å². The van der Waals surface area contributed by atoms with E-state index in [1.165, 1.54) is 0 Å². The van der Waals surface area contributed by atoms with Gasteiger partial charge in [-0.15, -0.1) is 0 Å². The lowest BCUT2D eigenvalue weighted by Gasteiger charge is -2.38. The van der Waals surface area contributed by atoms with Gasteiger partial charge >= 0.3 is 5.97 Å². The number of aliphatic carboxylic acids is 1. The molecule has 0 aromatic heterocycles. The molecular formula is C12H21NO3. The van der Waals surface area contributed by atoms with Crippen molar-refractivity contribution in [2.45, 2.75) is 44.8 Å². The topological polar surface area (TPSA) is 49.8 Å². The molecular weight excluding hydrogens is 206 g/mol. The van der Waals surface area contributed by atoms with Crippen LogP contribution in [0.3, 0.4) is 0 Å². The van der Waals surface area contributed by atoms with Gasteiger partial charge in [0.1, 0.15) is 5.54 Å². The Hall–Kier alpha value is -0.610. The number of hydrogen-bond donors (Lipinski definition) is 1. The first-order valence-electron chi connectivity index (χ1n) is 6.15. The molecule has 0 spiro atoms. The van der Waals surface area contributed by atoms with E-state index >= 15 is 0 Å². The molecule has 0 amide bonds. The quantitative estimate of drug-likeness (QED) is 0.790. The Morgan fingerprint density at radius 1 is 1.50 bits per heavy atom. The van der Waals surface area contributed by atoms with Crippen LogP contribution in [0.15, 0.2) is 0 Å². The van der Waals surface area contributed by atoms with Crippen LogP contribution in [0.5, 0.6) is 0 Å². The largest absolute Gasteiger partial charge is 0.480 e. The van der Waals surface area contributed by atoms with Crippen molar-refractivity contribution >= 4 is 5.97 Å². The lowest BCUT2D eigenvalue weighted by Crippen LogP contribution is -2.55. The molecule has 2 rings (SSSR count). The number of carboxylic acids is 1. The fraction of sp³-hybridized carbons (Fsp3) is 0.917. The van der Waals surface area contributed by atoms with Crippen molar-refractivity contribution in [1.82, 2.24) is 4.90 Å². The summed E-state index contributed by atoms with van der Waals surface area (Å²) in [4.78, 5) is 13.7. The second kappa shape index (κ2) is 4.34. The summed E-state index contributed by atoms with van der Waals surface area (Å²) < 4.78 is 5.57. The smallest absolute Gasteiger partial charge is 0.324 e. The second-order valence-electron chi connectivity index (χ2n) is 5.21. The predicted molar refractivity (Wildman–Crippen MR) is 60.4 cm³/mol. The van der Waals surface area contributed by atoms with Gasteiger partial charge in [0, 0.05) is 19.7 Å². The second-order valence-corrected chi connectivity index (χ2v) is 5.21. The minimum absolute atomic E-state index is 0.139. The van der Waals surface area contributed by atoms with Crippen LogP contribution in [0.4, 0.5) is 0 Å². The van der Waals surface area contributed by atoms with Crippen molar-refractivity contribution < 1.29 is 14.6 Å². The van der Waals surface area contributed by atoms with E-state index in [1.807, 2.05) is 13.8 Å². The zero-order valence-corrected chi connectivity index (χ0v) is 10.1. The molecule has 4 nitrogen and oxygen atoms in total. The number of carboxylic acid groups (broad SMARTS) is 1. The first-order chi connectivity index (χ1) is 7.55. The third kappa shape index (κ3) is 2.09. The molecule has 2 fully saturated rings. The van der Waals surface area contributed by atoms with Crippen molar-refractivity contribution in [3.63, 3.8) is 0 Å². The van der Waals surface area contributed by atoms with E-state index in [0.717, 1.165) is 39.0 Å². The molecule has 1 saturated heterocycles. The number of nitrogens with zero attached hydrogens (tertiary/aromatic N) is 1. The number of ether oxygens (including phenoxy) is 1. The highest BCUT2D eigenvalue weighted by Gasteiger charge is 2.51. The van der Waals surface area contributed by atoms with Crippen molar-refractivity contribution in [3.05, 3.63) is 0 Å². The van der Waals surface area contributed by atoms with Crippen molar-refractivity contribution in [2.24, 2.45) is 5.92 Å². The number of hydrogen-bond acceptors (Lipinski definition) is 3. The zero-order valence-electron chi connectivity index (χ0n) is 10.1. The zero-order chi connectivity index (χ0) is 11.8. The van der Waals surface area contributed by atoms with Crippen LogP contribution in [0.2, 0.25) is 0 Å². The summed E-state index contributed by atoms with van der Waals surface area (Å²) in [6.45, 7) is 6.22. The summed E-state index contributed by atoms with van der Waals surface area (Å²) in [5, 5.41) is 9.49. The summed E-state index contributed by atoms with van der Waals surface area (Å²) in [7, 11) is 0. The highest BCUT2D eigenvalue weighted by Crippen LogP contribution is 2.43. The molecule has 0 radical (unpaired) electrons. The van der Waals surface area contributed by atoms with Crippen LogP contribution < -0.4 is 0 Å². The van der Waals surface area contributed by atoms with E-state index in [2.05, 4.69) is 4.90 Å².